The van der Waals surface area contributed by atoms with Crippen LogP contribution in [0.4, 0.5) is 0 Å². The van der Waals surface area contributed by atoms with Crippen molar-refractivity contribution in [2.75, 3.05) is 72.7 Å². The Balaban J connectivity index is 0.766. The van der Waals surface area contributed by atoms with Crippen molar-refractivity contribution < 1.29 is 273 Å². The Morgan fingerprint density at radius 2 is 0.165 bits per heavy atom. The Morgan fingerprint density at radius 3 is 0.223 bits per heavy atom. The lowest BCUT2D eigenvalue weighted by molar-refractivity contribution is -0.401. The van der Waals surface area contributed by atoms with E-state index in [1.165, 1.54) is 0 Å². The number of ether oxygens (including phenoxy) is 22. The smallest absolute Gasteiger partial charge is 0.187 e. The first-order chi connectivity index (χ1) is 57.6. The third kappa shape index (κ3) is 19.6. The average Bonchev–Trinajstić information content (AvgIpc) is 0.772. The van der Waals surface area contributed by atoms with E-state index < -0.39 is 410 Å². The van der Waals surface area contributed by atoms with Crippen molar-refractivity contribution >= 4 is 0 Å². The van der Waals surface area contributed by atoms with Crippen LogP contribution in [-0.4, -0.2) is 579 Å². The molecule has 33 saturated heterocycles. The van der Waals surface area contributed by atoms with Gasteiger partial charge in [0.1, 0.15) is 269 Å². The molecular formula is C66H110O55. The highest BCUT2D eigenvalue weighted by Gasteiger charge is 2.63. The van der Waals surface area contributed by atoms with Crippen LogP contribution in [0.3, 0.4) is 0 Å². The maximum Gasteiger partial charge on any atom is 0.187 e. The van der Waals surface area contributed by atoms with Crippen LogP contribution in [0.25, 0.3) is 0 Å². The first-order valence-electron chi connectivity index (χ1n) is 38.7. The molecule has 121 heavy (non-hydrogen) atoms. The molecule has 0 aromatic carbocycles. The highest BCUT2D eigenvalue weighted by atomic mass is 16.8. The topological polar surface area (TPSA) is 871 Å². The standard InChI is InChI=1S/C66H110O55/c67-1-12-45-23(78)34(89)56(100-12)112-46-13(2-68)102-58(36(91)25(46)80)114-48-15(4-70)104-60(38(93)27(48)82)116-50-17(6-72)106-62(40(95)29(50)84)118-52-19(8-74)108-64(42(97)31(52)86)120-54-21(10-76)110-66(44(99)33(54)88)121-55-22(11-77)109-65(43(98)32(55)87)119-53-20(9-75)107-63(41(96)30(53)85)117-51-18(7-73)105-61(39(94)28(51)83)115-49-16(5-71)103-59(37(92)26(49)81)113-47-14(3-69)101-57(111-45)35(90)24(47)79/h12-99H,1-11H2. The lowest BCUT2D eigenvalue weighted by Gasteiger charge is -2.50. The van der Waals surface area contributed by atoms with Crippen LogP contribution in [0.5, 0.6) is 0 Å². The summed E-state index contributed by atoms with van der Waals surface area (Å²) >= 11 is 0. The molecule has 55 heteroatoms. The lowest BCUT2D eigenvalue weighted by Crippen LogP contribution is -2.68. The number of hydrogen-bond donors (Lipinski definition) is 33. The summed E-state index contributed by atoms with van der Waals surface area (Å²) in [5, 5.41) is 369. The second-order valence-corrected chi connectivity index (χ2v) is 30.9. The Hall–Kier alpha value is -2.20. The molecule has 0 amide bonds. The summed E-state index contributed by atoms with van der Waals surface area (Å²) in [6, 6.07) is 0. The van der Waals surface area contributed by atoms with Gasteiger partial charge >= 0.3 is 0 Å². The minimum Gasteiger partial charge on any atom is -0.394 e. The van der Waals surface area contributed by atoms with Gasteiger partial charge in [-0.25, -0.2) is 0 Å². The van der Waals surface area contributed by atoms with E-state index >= 15 is 0 Å². The van der Waals surface area contributed by atoms with Crippen LogP contribution < -0.4 is 0 Å². The Kier molecular flexibility index (Phi) is 33.9. The first kappa shape index (κ1) is 97.8. The number of aliphatic hydroxyl groups excluding tert-OH is 33. The molecule has 0 aromatic heterocycles. The van der Waals surface area contributed by atoms with E-state index in [1.807, 2.05) is 0 Å². The van der Waals surface area contributed by atoms with E-state index in [2.05, 4.69) is 0 Å². The van der Waals surface area contributed by atoms with Crippen molar-refractivity contribution in [2.24, 2.45) is 0 Å². The molecule has 33 heterocycles. The van der Waals surface area contributed by atoms with Gasteiger partial charge in [-0.1, -0.05) is 0 Å². The molecule has 0 saturated carbocycles. The van der Waals surface area contributed by atoms with Gasteiger partial charge in [0.25, 0.3) is 0 Å². The normalized spacial score (nSPS) is 55.4. The molecule has 33 N–H and O–H groups in total. The summed E-state index contributed by atoms with van der Waals surface area (Å²) < 4.78 is 126. The number of aliphatic hydroxyl groups is 33. The Bertz CT molecular complexity index is 2430. The van der Waals surface area contributed by atoms with Crippen LogP contribution in [-0.2, 0) is 104 Å². The Labute approximate surface area is 681 Å². The molecule has 0 spiro atoms. The maximum atomic E-state index is 11.5. The van der Waals surface area contributed by atoms with Gasteiger partial charge in [-0.3, -0.25) is 0 Å². The molecule has 33 fully saturated rings. The second-order valence-electron chi connectivity index (χ2n) is 30.9. The molecule has 704 valence electrons. The summed E-state index contributed by atoms with van der Waals surface area (Å²) in [6.45, 7) is -12.7. The van der Waals surface area contributed by atoms with Crippen LogP contribution in [0.1, 0.15) is 0 Å². The molecule has 22 bridgehead atoms. The molecule has 55 nitrogen and oxygen atoms in total. The average molecular weight is 1780 g/mol. The van der Waals surface area contributed by atoms with Crippen molar-refractivity contribution in [1.29, 1.82) is 0 Å². The van der Waals surface area contributed by atoms with Crippen molar-refractivity contribution in [3.8, 4) is 0 Å². The molecule has 55 unspecified atom stereocenters. The molecule has 33 aliphatic heterocycles. The van der Waals surface area contributed by atoms with Gasteiger partial charge in [0.15, 0.2) is 69.2 Å². The zero-order valence-corrected chi connectivity index (χ0v) is 63.3. The SMILES string of the molecule is OCC1OC2OC3C(CO)OC(OC4C(CO)OC(OC5C(CO)OC(OC6C(CO)OC(OC7C(CO)OC(OC8C(CO)OC(OC9C(CO)OC(OC%10C(CO)OC(OC%11C(CO)OC(OC%12C(CO)OC(OC1C(O)C2O)C(O)C%12O)C(O)C%11O)C(O)C%10O)C(O)C9O)C(O)C8O)C(O)C7O)C(O)C6O)C(O)C5O)C(O)C4O)C(O)C3O. The molecular weight excluding hydrogens is 1670 g/mol. The van der Waals surface area contributed by atoms with Crippen molar-refractivity contribution in [3.05, 3.63) is 0 Å². The summed E-state index contributed by atoms with van der Waals surface area (Å²) in [7, 11) is 0. The predicted molar refractivity (Wildman–Crippen MR) is 359 cm³/mol. The van der Waals surface area contributed by atoms with Crippen LogP contribution >= 0.6 is 0 Å². The third-order valence-corrected chi connectivity index (χ3v) is 23.2. The predicted octanol–water partition coefficient (Wildman–Crippen LogP) is -23.9. The van der Waals surface area contributed by atoms with Crippen LogP contribution in [0.15, 0.2) is 0 Å². The third-order valence-electron chi connectivity index (χ3n) is 23.2. The molecule has 0 aromatic rings. The highest BCUT2D eigenvalue weighted by molar-refractivity contribution is 5.05. The van der Waals surface area contributed by atoms with E-state index in [4.69, 9.17) is 104 Å². The van der Waals surface area contributed by atoms with Crippen LogP contribution in [0, 0.1) is 0 Å². The molecule has 33 rings (SSSR count). The minimum atomic E-state index is -2.34. The molecule has 0 radical (unpaired) electrons. The monoisotopic (exact) mass is 1780 g/mol. The van der Waals surface area contributed by atoms with Crippen molar-refractivity contribution in [2.45, 2.75) is 338 Å². The fourth-order valence-electron chi connectivity index (χ4n) is 16.4. The summed E-state index contributed by atoms with van der Waals surface area (Å²) in [5.74, 6) is 0. The summed E-state index contributed by atoms with van der Waals surface area (Å²) in [5.41, 5.74) is 0. The van der Waals surface area contributed by atoms with Gasteiger partial charge in [0.05, 0.1) is 72.7 Å². The molecule has 0 aliphatic carbocycles. The van der Waals surface area contributed by atoms with Gasteiger partial charge in [-0.05, 0) is 0 Å². The minimum absolute atomic E-state index is 1.15. The van der Waals surface area contributed by atoms with Crippen LogP contribution in [0.2, 0.25) is 0 Å². The van der Waals surface area contributed by atoms with Crippen molar-refractivity contribution in [1.82, 2.24) is 0 Å². The second kappa shape index (κ2) is 41.9. The first-order valence-corrected chi connectivity index (χ1v) is 38.7. The van der Waals surface area contributed by atoms with Gasteiger partial charge in [0.2, 0.25) is 0 Å². The maximum absolute atomic E-state index is 11.5. The zero-order chi connectivity index (χ0) is 88.1. The fraction of sp³-hybridized carbons (Fsp3) is 1.00. The van der Waals surface area contributed by atoms with Gasteiger partial charge < -0.3 is 273 Å². The van der Waals surface area contributed by atoms with E-state index in [0.29, 0.717) is 0 Å². The Morgan fingerprint density at radius 1 is 0.0992 bits per heavy atom. The highest BCUT2D eigenvalue weighted by Crippen LogP contribution is 2.42. The van der Waals surface area contributed by atoms with E-state index in [-0.39, 0.29) is 0 Å². The number of hydrogen-bond acceptors (Lipinski definition) is 55. The zero-order valence-electron chi connectivity index (χ0n) is 63.3. The van der Waals surface area contributed by atoms with Crippen molar-refractivity contribution in [3.63, 3.8) is 0 Å². The molecule has 33 aliphatic rings. The summed E-state index contributed by atoms with van der Waals surface area (Å²) in [6.07, 6.45) is -117. The largest absolute Gasteiger partial charge is 0.394 e. The summed E-state index contributed by atoms with van der Waals surface area (Å²) in [4.78, 5) is 0. The molecule has 55 atom stereocenters. The van der Waals surface area contributed by atoms with E-state index in [0.717, 1.165) is 0 Å². The van der Waals surface area contributed by atoms with Gasteiger partial charge in [-0.2, -0.15) is 0 Å². The van der Waals surface area contributed by atoms with E-state index in [1.54, 1.807) is 0 Å². The van der Waals surface area contributed by atoms with E-state index in [9.17, 15) is 169 Å². The quantitative estimate of drug-likeness (QED) is 0.0913. The van der Waals surface area contributed by atoms with Gasteiger partial charge in [-0.15, -0.1) is 0 Å². The lowest BCUT2D eigenvalue weighted by atomic mass is 9.95. The fourth-order valence-corrected chi connectivity index (χ4v) is 16.4. The van der Waals surface area contributed by atoms with Gasteiger partial charge in [0, 0.05) is 0 Å². The number of rotatable bonds is 11.